The normalized spacial score (nSPS) is 16.1. The standard InChI is InChI=1S/C18H30N2/c1-17(2,3)19-13-18(4,5)14-20-12-8-10-15-9-6-7-11-16(15)20/h6-7,9,11,19H,8,10,12-14H2,1-5H3. The monoisotopic (exact) mass is 274 g/mol. The van der Waals surface area contributed by atoms with Crippen LogP contribution in [0.4, 0.5) is 5.69 Å². The van der Waals surface area contributed by atoms with Gasteiger partial charge in [-0.1, -0.05) is 32.0 Å². The van der Waals surface area contributed by atoms with E-state index in [2.05, 4.69) is 69.1 Å². The molecule has 2 heteroatoms. The SMILES string of the molecule is CC(C)(CNC(C)(C)C)CN1CCCc2ccccc21. The van der Waals surface area contributed by atoms with E-state index in [1.807, 2.05) is 0 Å². The maximum atomic E-state index is 3.65. The van der Waals surface area contributed by atoms with Gasteiger partial charge in [0.25, 0.3) is 0 Å². The van der Waals surface area contributed by atoms with E-state index in [4.69, 9.17) is 0 Å². The number of anilines is 1. The first-order valence-electron chi connectivity index (χ1n) is 7.85. The van der Waals surface area contributed by atoms with Crippen molar-refractivity contribution in [1.82, 2.24) is 5.32 Å². The highest BCUT2D eigenvalue weighted by Gasteiger charge is 2.26. The van der Waals surface area contributed by atoms with Crippen LogP contribution in [0.2, 0.25) is 0 Å². The van der Waals surface area contributed by atoms with Gasteiger partial charge in [-0.05, 0) is 50.7 Å². The predicted octanol–water partition coefficient (Wildman–Crippen LogP) is 3.85. The number of fused-ring (bicyclic) bond motifs is 1. The van der Waals surface area contributed by atoms with E-state index in [0.29, 0.717) is 0 Å². The zero-order chi connectivity index (χ0) is 14.8. The molecule has 0 radical (unpaired) electrons. The molecule has 112 valence electrons. The molecular formula is C18H30N2. The maximum absolute atomic E-state index is 3.65. The minimum Gasteiger partial charge on any atom is -0.371 e. The molecule has 2 nitrogen and oxygen atoms in total. The Labute approximate surface area is 124 Å². The maximum Gasteiger partial charge on any atom is 0.0398 e. The zero-order valence-electron chi connectivity index (χ0n) is 13.8. The second kappa shape index (κ2) is 5.77. The molecule has 1 heterocycles. The van der Waals surface area contributed by atoms with E-state index in [-0.39, 0.29) is 11.0 Å². The number of para-hydroxylation sites is 1. The van der Waals surface area contributed by atoms with Crippen LogP contribution in [0.5, 0.6) is 0 Å². The first kappa shape index (κ1) is 15.4. The predicted molar refractivity (Wildman–Crippen MR) is 88.5 cm³/mol. The number of hydrogen-bond donors (Lipinski definition) is 1. The molecule has 0 bridgehead atoms. The average Bonchev–Trinajstić information content (AvgIpc) is 2.36. The summed E-state index contributed by atoms with van der Waals surface area (Å²) in [6, 6.07) is 8.88. The van der Waals surface area contributed by atoms with Gasteiger partial charge in [-0.3, -0.25) is 0 Å². The summed E-state index contributed by atoms with van der Waals surface area (Å²) in [7, 11) is 0. The fourth-order valence-electron chi connectivity index (χ4n) is 2.85. The van der Waals surface area contributed by atoms with Crippen LogP contribution in [0, 0.1) is 5.41 Å². The molecule has 1 aliphatic heterocycles. The molecular weight excluding hydrogens is 244 g/mol. The first-order valence-corrected chi connectivity index (χ1v) is 7.85. The van der Waals surface area contributed by atoms with E-state index in [0.717, 1.165) is 13.1 Å². The number of hydrogen-bond acceptors (Lipinski definition) is 2. The summed E-state index contributed by atoms with van der Waals surface area (Å²) in [4.78, 5) is 2.57. The molecule has 0 spiro atoms. The van der Waals surface area contributed by atoms with Gasteiger partial charge < -0.3 is 10.2 Å². The van der Waals surface area contributed by atoms with Gasteiger partial charge in [0.05, 0.1) is 0 Å². The van der Waals surface area contributed by atoms with Crippen LogP contribution in [-0.2, 0) is 6.42 Å². The van der Waals surface area contributed by atoms with Crippen molar-refractivity contribution < 1.29 is 0 Å². The van der Waals surface area contributed by atoms with Crippen molar-refractivity contribution in [1.29, 1.82) is 0 Å². The van der Waals surface area contributed by atoms with Crippen LogP contribution in [0.3, 0.4) is 0 Å². The van der Waals surface area contributed by atoms with Crippen molar-refractivity contribution in [3.8, 4) is 0 Å². The second-order valence-electron chi connectivity index (χ2n) is 7.92. The summed E-state index contributed by atoms with van der Waals surface area (Å²) in [6.45, 7) is 14.8. The fourth-order valence-corrected chi connectivity index (χ4v) is 2.85. The van der Waals surface area contributed by atoms with Gasteiger partial charge >= 0.3 is 0 Å². The Balaban J connectivity index is 2.03. The third kappa shape index (κ3) is 4.24. The Hall–Kier alpha value is -1.02. The number of nitrogens with zero attached hydrogens (tertiary/aromatic N) is 1. The molecule has 20 heavy (non-hydrogen) atoms. The summed E-state index contributed by atoms with van der Waals surface area (Å²) < 4.78 is 0. The Morgan fingerprint density at radius 3 is 2.50 bits per heavy atom. The zero-order valence-corrected chi connectivity index (χ0v) is 13.8. The van der Waals surface area contributed by atoms with Crippen molar-refractivity contribution in [2.75, 3.05) is 24.5 Å². The van der Waals surface area contributed by atoms with Crippen LogP contribution in [0.1, 0.15) is 46.6 Å². The summed E-state index contributed by atoms with van der Waals surface area (Å²) in [5.41, 5.74) is 3.43. The molecule has 0 aliphatic carbocycles. The van der Waals surface area contributed by atoms with Crippen molar-refractivity contribution in [3.63, 3.8) is 0 Å². The lowest BCUT2D eigenvalue weighted by atomic mass is 9.89. The highest BCUT2D eigenvalue weighted by atomic mass is 15.1. The number of benzene rings is 1. The van der Waals surface area contributed by atoms with E-state index in [9.17, 15) is 0 Å². The Kier molecular flexibility index (Phi) is 4.43. The van der Waals surface area contributed by atoms with E-state index >= 15 is 0 Å². The highest BCUT2D eigenvalue weighted by molar-refractivity contribution is 5.55. The van der Waals surface area contributed by atoms with Crippen molar-refractivity contribution in [3.05, 3.63) is 29.8 Å². The van der Waals surface area contributed by atoms with E-state index in [1.54, 1.807) is 0 Å². The molecule has 0 saturated heterocycles. The molecule has 0 fully saturated rings. The number of rotatable bonds is 4. The van der Waals surface area contributed by atoms with Crippen LogP contribution in [0.15, 0.2) is 24.3 Å². The summed E-state index contributed by atoms with van der Waals surface area (Å²) in [5, 5.41) is 3.65. The molecule has 1 aromatic carbocycles. The van der Waals surface area contributed by atoms with Gasteiger partial charge in [0, 0.05) is 30.9 Å². The average molecular weight is 274 g/mol. The van der Waals surface area contributed by atoms with Gasteiger partial charge in [0.2, 0.25) is 0 Å². The van der Waals surface area contributed by atoms with Gasteiger partial charge in [-0.2, -0.15) is 0 Å². The van der Waals surface area contributed by atoms with Crippen LogP contribution in [-0.4, -0.2) is 25.2 Å². The second-order valence-corrected chi connectivity index (χ2v) is 7.92. The van der Waals surface area contributed by atoms with Gasteiger partial charge in [0.1, 0.15) is 0 Å². The quantitative estimate of drug-likeness (QED) is 0.897. The Morgan fingerprint density at radius 2 is 1.80 bits per heavy atom. The lowest BCUT2D eigenvalue weighted by Gasteiger charge is -2.39. The molecule has 1 aliphatic rings. The van der Waals surface area contributed by atoms with Crippen LogP contribution >= 0.6 is 0 Å². The van der Waals surface area contributed by atoms with Gasteiger partial charge in [-0.15, -0.1) is 0 Å². The van der Waals surface area contributed by atoms with Crippen LogP contribution < -0.4 is 10.2 Å². The fraction of sp³-hybridized carbons (Fsp3) is 0.667. The minimum absolute atomic E-state index is 0.192. The van der Waals surface area contributed by atoms with Crippen molar-refractivity contribution >= 4 is 5.69 Å². The third-order valence-corrected chi connectivity index (χ3v) is 3.92. The molecule has 1 aromatic rings. The topological polar surface area (TPSA) is 15.3 Å². The van der Waals surface area contributed by atoms with Gasteiger partial charge in [0.15, 0.2) is 0 Å². The number of aryl methyl sites for hydroxylation is 1. The smallest absolute Gasteiger partial charge is 0.0398 e. The van der Waals surface area contributed by atoms with Crippen molar-refractivity contribution in [2.24, 2.45) is 5.41 Å². The summed E-state index contributed by atoms with van der Waals surface area (Å²) in [5.74, 6) is 0. The van der Waals surface area contributed by atoms with E-state index in [1.165, 1.54) is 30.6 Å². The van der Waals surface area contributed by atoms with Crippen LogP contribution in [0.25, 0.3) is 0 Å². The summed E-state index contributed by atoms with van der Waals surface area (Å²) >= 11 is 0. The molecule has 2 rings (SSSR count). The lowest BCUT2D eigenvalue weighted by molar-refractivity contribution is 0.291. The molecule has 0 saturated carbocycles. The van der Waals surface area contributed by atoms with Crippen molar-refractivity contribution in [2.45, 2.75) is 53.0 Å². The Morgan fingerprint density at radius 1 is 1.10 bits per heavy atom. The number of nitrogens with one attached hydrogen (secondary N) is 1. The van der Waals surface area contributed by atoms with Gasteiger partial charge in [-0.25, -0.2) is 0 Å². The summed E-state index contributed by atoms with van der Waals surface area (Å²) in [6.07, 6.45) is 2.51. The largest absolute Gasteiger partial charge is 0.371 e. The third-order valence-electron chi connectivity index (χ3n) is 3.92. The minimum atomic E-state index is 0.192. The Bertz CT molecular complexity index is 443. The molecule has 0 unspecified atom stereocenters. The molecule has 1 N–H and O–H groups in total. The molecule has 0 atom stereocenters. The lowest BCUT2D eigenvalue weighted by Crippen LogP contribution is -2.47. The first-order chi connectivity index (χ1) is 9.27. The molecule has 0 amide bonds. The van der Waals surface area contributed by atoms with E-state index < -0.39 is 0 Å². The highest BCUT2D eigenvalue weighted by Crippen LogP contribution is 2.29. The molecule has 0 aromatic heterocycles.